The van der Waals surface area contributed by atoms with E-state index in [-0.39, 0.29) is 40.7 Å². The van der Waals surface area contributed by atoms with E-state index in [1.807, 2.05) is 13.8 Å². The number of esters is 2. The minimum Gasteiger partial charge on any atom is -0.465 e. The lowest BCUT2D eigenvalue weighted by Gasteiger charge is -2.71. The van der Waals surface area contributed by atoms with Crippen LogP contribution in [0.3, 0.4) is 0 Å². The summed E-state index contributed by atoms with van der Waals surface area (Å²) in [5.74, 6) is -0.122. The number of allylic oxidation sites excluding steroid dienone is 3. The van der Waals surface area contributed by atoms with E-state index in [0.717, 1.165) is 44.9 Å². The highest BCUT2D eigenvalue weighted by atomic mass is 32.1. The molecule has 0 amide bonds. The third-order valence-corrected chi connectivity index (χ3v) is 15.6. The van der Waals surface area contributed by atoms with E-state index >= 15 is 0 Å². The first-order valence-corrected chi connectivity index (χ1v) is 18.3. The fraction of sp³-hybridized carbons (Fsp3) is 0.838. The van der Waals surface area contributed by atoms with Crippen molar-refractivity contribution in [2.75, 3.05) is 6.61 Å². The molecule has 5 aliphatic carbocycles. The van der Waals surface area contributed by atoms with E-state index in [9.17, 15) is 19.8 Å². The second-order valence-corrected chi connectivity index (χ2v) is 18.3. The SMILES string of the molecule is C/C=C(/C)C(=O)O[C@H]1C[C@]2(COC(=O)C(C)CC)CC[C@]3(C)C(=CCC4[C@@]5(C)CC[C@H](O)[C@@](C)(S)C5CC[C@]43C)C2C[C@]1(O)S. The van der Waals surface area contributed by atoms with Gasteiger partial charge in [0.15, 0.2) is 0 Å². The van der Waals surface area contributed by atoms with Crippen molar-refractivity contribution in [2.45, 2.75) is 141 Å². The second-order valence-electron chi connectivity index (χ2n) is 16.6. The number of hydrogen-bond acceptors (Lipinski definition) is 8. The predicted octanol–water partition coefficient (Wildman–Crippen LogP) is 7.48. The molecular formula is C37H58O6S2. The number of ether oxygens (including phenoxy) is 2. The van der Waals surface area contributed by atoms with E-state index in [0.29, 0.717) is 36.7 Å². The van der Waals surface area contributed by atoms with E-state index in [1.165, 1.54) is 5.57 Å². The Morgan fingerprint density at radius 3 is 2.40 bits per heavy atom. The fourth-order valence-corrected chi connectivity index (χ4v) is 11.8. The number of fused-ring (bicyclic) bond motifs is 7. The first-order valence-electron chi connectivity index (χ1n) is 17.4. The van der Waals surface area contributed by atoms with Crippen LogP contribution < -0.4 is 0 Å². The highest BCUT2D eigenvalue weighted by Gasteiger charge is 2.69. The topological polar surface area (TPSA) is 93.1 Å². The van der Waals surface area contributed by atoms with Crippen LogP contribution in [0, 0.1) is 45.3 Å². The zero-order chi connectivity index (χ0) is 33.4. The number of aliphatic hydroxyl groups is 2. The number of thiol groups is 2. The van der Waals surface area contributed by atoms with Gasteiger partial charge in [0.05, 0.1) is 18.6 Å². The number of hydrogen-bond donors (Lipinski definition) is 4. The number of carbonyl (C=O) groups excluding carboxylic acids is 2. The molecule has 6 nitrogen and oxygen atoms in total. The number of rotatable bonds is 6. The molecule has 0 heterocycles. The Bertz CT molecular complexity index is 1260. The Kier molecular flexibility index (Phi) is 9.33. The molecule has 4 saturated carbocycles. The van der Waals surface area contributed by atoms with Crippen LogP contribution in [-0.2, 0) is 19.1 Å². The summed E-state index contributed by atoms with van der Waals surface area (Å²) >= 11 is 9.89. The highest BCUT2D eigenvalue weighted by Crippen LogP contribution is 2.75. The van der Waals surface area contributed by atoms with Gasteiger partial charge >= 0.3 is 11.9 Å². The summed E-state index contributed by atoms with van der Waals surface area (Å²) in [6.07, 6.45) is 10.9. The van der Waals surface area contributed by atoms with Crippen LogP contribution in [0.15, 0.2) is 23.3 Å². The van der Waals surface area contributed by atoms with Crippen molar-refractivity contribution >= 4 is 37.2 Å². The highest BCUT2D eigenvalue weighted by molar-refractivity contribution is 7.82. The van der Waals surface area contributed by atoms with Gasteiger partial charge in [-0.05, 0) is 119 Å². The van der Waals surface area contributed by atoms with Crippen molar-refractivity contribution in [3.05, 3.63) is 23.3 Å². The minimum atomic E-state index is -1.52. The van der Waals surface area contributed by atoms with Gasteiger partial charge in [0.1, 0.15) is 11.0 Å². The van der Waals surface area contributed by atoms with E-state index < -0.39 is 33.3 Å². The molecule has 5 aliphatic rings. The molecule has 4 fully saturated rings. The Labute approximate surface area is 282 Å². The third kappa shape index (κ3) is 5.38. The first-order chi connectivity index (χ1) is 20.8. The van der Waals surface area contributed by atoms with Gasteiger partial charge in [0.25, 0.3) is 0 Å². The van der Waals surface area contributed by atoms with Crippen LogP contribution in [0.25, 0.3) is 0 Å². The lowest BCUT2D eigenvalue weighted by Crippen LogP contribution is -2.66. The van der Waals surface area contributed by atoms with Crippen molar-refractivity contribution in [2.24, 2.45) is 45.3 Å². The van der Waals surface area contributed by atoms with Crippen molar-refractivity contribution < 1.29 is 29.3 Å². The molecule has 8 heteroatoms. The zero-order valence-electron chi connectivity index (χ0n) is 28.8. The third-order valence-electron chi connectivity index (χ3n) is 14.5. The smallest absolute Gasteiger partial charge is 0.333 e. The van der Waals surface area contributed by atoms with Gasteiger partial charge in [-0.2, -0.15) is 12.6 Å². The normalized spacial score (nSPS) is 48.5. The molecule has 0 aliphatic heterocycles. The molecule has 5 rings (SSSR count). The van der Waals surface area contributed by atoms with Crippen molar-refractivity contribution in [3.8, 4) is 0 Å². The predicted molar refractivity (Wildman–Crippen MR) is 184 cm³/mol. The fourth-order valence-electron chi connectivity index (χ4n) is 10.9. The molecule has 45 heavy (non-hydrogen) atoms. The van der Waals surface area contributed by atoms with Gasteiger partial charge in [0.2, 0.25) is 0 Å². The van der Waals surface area contributed by atoms with Gasteiger partial charge < -0.3 is 19.7 Å². The molecular weight excluding hydrogens is 605 g/mol. The van der Waals surface area contributed by atoms with Crippen LogP contribution in [-0.4, -0.2) is 50.6 Å². The van der Waals surface area contributed by atoms with Gasteiger partial charge in [-0.1, -0.05) is 52.3 Å². The molecule has 0 spiro atoms. The maximum Gasteiger partial charge on any atom is 0.333 e. The van der Waals surface area contributed by atoms with E-state index in [1.54, 1.807) is 19.9 Å². The summed E-state index contributed by atoms with van der Waals surface area (Å²) in [7, 11) is 0. The molecule has 0 aromatic heterocycles. The summed E-state index contributed by atoms with van der Waals surface area (Å²) in [5, 5.41) is 22.8. The van der Waals surface area contributed by atoms with E-state index in [4.69, 9.17) is 34.7 Å². The van der Waals surface area contributed by atoms with E-state index in [2.05, 4.69) is 33.8 Å². The van der Waals surface area contributed by atoms with Crippen molar-refractivity contribution in [3.63, 3.8) is 0 Å². The van der Waals surface area contributed by atoms with Crippen molar-refractivity contribution in [1.82, 2.24) is 0 Å². The van der Waals surface area contributed by atoms with Gasteiger partial charge in [-0.3, -0.25) is 4.79 Å². The first kappa shape index (κ1) is 35.3. The average molecular weight is 663 g/mol. The quantitative estimate of drug-likeness (QED) is 0.0775. The standard InChI is InChI=1S/C37H58O6S2/c1-9-22(3)30(39)42-21-36-18-17-33(6)24(25(36)19-37(41,45)29(20-36)43-31(40)23(4)10-2)11-12-26-32(5)15-14-28(38)35(8,44)27(32)13-16-34(26,33)7/h10-11,22,25-29,38,41,44-45H,9,12-21H2,1-8H3/b23-10-/t22?,25?,26?,27?,28-,29-,32+,33+,34+,35-,36-,37-/m0/s1. The summed E-state index contributed by atoms with van der Waals surface area (Å²) in [6, 6.07) is 0. The van der Waals surface area contributed by atoms with Crippen molar-refractivity contribution in [1.29, 1.82) is 0 Å². The molecule has 0 bridgehead atoms. The molecule has 0 radical (unpaired) electrons. The molecule has 254 valence electrons. The maximum atomic E-state index is 13.0. The Balaban J connectivity index is 1.54. The molecule has 12 atom stereocenters. The summed E-state index contributed by atoms with van der Waals surface area (Å²) in [4.78, 5) is 24.4. The molecule has 0 saturated heterocycles. The zero-order valence-corrected chi connectivity index (χ0v) is 30.6. The lowest BCUT2D eigenvalue weighted by molar-refractivity contribution is -0.197. The van der Waals surface area contributed by atoms with Crippen LogP contribution in [0.4, 0.5) is 0 Å². The Hall–Kier alpha value is -0.960. The molecule has 0 aromatic carbocycles. The van der Waals surface area contributed by atoms with Gasteiger partial charge in [-0.15, -0.1) is 12.6 Å². The molecule has 2 N–H and O–H groups in total. The largest absolute Gasteiger partial charge is 0.465 e. The summed E-state index contributed by atoms with van der Waals surface area (Å²) < 4.78 is 11.6. The summed E-state index contributed by atoms with van der Waals surface area (Å²) in [5.41, 5.74) is 1.35. The van der Waals surface area contributed by atoms with Crippen LogP contribution in [0.1, 0.15) is 120 Å². The van der Waals surface area contributed by atoms with Crippen LogP contribution in [0.5, 0.6) is 0 Å². The number of carbonyl (C=O) groups is 2. The minimum absolute atomic E-state index is 0.0229. The Morgan fingerprint density at radius 1 is 1.07 bits per heavy atom. The van der Waals surface area contributed by atoms with Gasteiger partial charge in [-0.25, -0.2) is 4.79 Å². The second kappa shape index (κ2) is 11.9. The van der Waals surface area contributed by atoms with Crippen LogP contribution >= 0.6 is 25.3 Å². The average Bonchev–Trinajstić information content (AvgIpc) is 2.98. The van der Waals surface area contributed by atoms with Crippen LogP contribution in [0.2, 0.25) is 0 Å². The lowest BCUT2D eigenvalue weighted by atomic mass is 9.35. The Morgan fingerprint density at radius 2 is 1.76 bits per heavy atom. The monoisotopic (exact) mass is 662 g/mol. The number of aliphatic hydroxyl groups excluding tert-OH is 1. The van der Waals surface area contributed by atoms with Gasteiger partial charge in [0, 0.05) is 15.7 Å². The molecule has 0 aromatic rings. The maximum absolute atomic E-state index is 13.0. The summed E-state index contributed by atoms with van der Waals surface area (Å²) in [6.45, 7) is 17.2. The molecule has 4 unspecified atom stereocenters.